The van der Waals surface area contributed by atoms with E-state index in [1.54, 1.807) is 0 Å². The highest BCUT2D eigenvalue weighted by atomic mass is 16.6. The Morgan fingerprint density at radius 3 is 2.67 bits per heavy atom. The number of methoxy groups -OCH3 is 1. The van der Waals surface area contributed by atoms with Gasteiger partial charge in [-0.25, -0.2) is 4.79 Å². The van der Waals surface area contributed by atoms with E-state index in [0.29, 0.717) is 0 Å². The Morgan fingerprint density at radius 1 is 1.50 bits per heavy atom. The Hall–Kier alpha value is -0.650. The van der Waals surface area contributed by atoms with Gasteiger partial charge in [-0.3, -0.25) is 0 Å². The summed E-state index contributed by atoms with van der Waals surface area (Å²) in [5.74, 6) is -0.513. The Morgan fingerprint density at radius 2 is 2.17 bits per heavy atom. The molecule has 0 bridgehead atoms. The molecular weight excluding hydrogens is 164 g/mol. The van der Waals surface area contributed by atoms with Crippen molar-refractivity contribution in [2.24, 2.45) is 0 Å². The topological polar surface area (TPSA) is 76.0 Å². The molecule has 0 unspecified atom stereocenters. The molecule has 12 heavy (non-hydrogen) atoms. The minimum atomic E-state index is -0.900. The van der Waals surface area contributed by atoms with E-state index in [1.165, 1.54) is 7.11 Å². The lowest BCUT2D eigenvalue weighted by atomic mass is 10.0. The van der Waals surface area contributed by atoms with Gasteiger partial charge in [-0.05, 0) is 0 Å². The third-order valence-electron chi connectivity index (χ3n) is 1.83. The van der Waals surface area contributed by atoms with Crippen LogP contribution in [0.15, 0.2) is 0 Å². The fourth-order valence-electron chi connectivity index (χ4n) is 1.07. The largest absolute Gasteiger partial charge is 0.467 e. The van der Waals surface area contributed by atoms with Gasteiger partial charge in [0.05, 0.1) is 19.8 Å². The van der Waals surface area contributed by atoms with Gasteiger partial charge in [-0.2, -0.15) is 0 Å². The van der Waals surface area contributed by atoms with Crippen molar-refractivity contribution in [3.63, 3.8) is 0 Å². The number of carbonyl (C=O) groups excluding carboxylic acids is 1. The van der Waals surface area contributed by atoms with Crippen LogP contribution in [0.3, 0.4) is 0 Å². The summed E-state index contributed by atoms with van der Waals surface area (Å²) >= 11 is 0. The van der Waals surface area contributed by atoms with E-state index in [0.717, 1.165) is 0 Å². The average Bonchev–Trinajstić information content (AvgIpc) is 2.08. The molecule has 70 valence electrons. The standard InChI is InChI=1S/C7H12O5/c1-11-7(10)6-2-4(8)5(9)3-12-6/h4-6,8-9H,2-3H2,1H3/t4-,5+,6+/m0/s1. The first kappa shape index (κ1) is 9.44. The van der Waals surface area contributed by atoms with Crippen LogP contribution in [0.2, 0.25) is 0 Å². The molecule has 1 rings (SSSR count). The minimum absolute atomic E-state index is 0.0269. The highest BCUT2D eigenvalue weighted by molar-refractivity contribution is 5.74. The molecule has 0 aromatic carbocycles. The average molecular weight is 176 g/mol. The number of rotatable bonds is 1. The van der Waals surface area contributed by atoms with Crippen molar-refractivity contribution in [2.45, 2.75) is 24.7 Å². The van der Waals surface area contributed by atoms with E-state index in [9.17, 15) is 4.79 Å². The molecule has 1 aliphatic heterocycles. The molecule has 0 aliphatic carbocycles. The summed E-state index contributed by atoms with van der Waals surface area (Å²) in [6.45, 7) is -0.0269. The lowest BCUT2D eigenvalue weighted by Gasteiger charge is -2.28. The predicted molar refractivity (Wildman–Crippen MR) is 38.4 cm³/mol. The highest BCUT2D eigenvalue weighted by Crippen LogP contribution is 2.15. The van der Waals surface area contributed by atoms with Crippen molar-refractivity contribution < 1.29 is 24.5 Å². The molecule has 0 amide bonds. The fourth-order valence-corrected chi connectivity index (χ4v) is 1.07. The molecule has 1 fully saturated rings. The number of aliphatic hydroxyl groups excluding tert-OH is 2. The van der Waals surface area contributed by atoms with Crippen LogP contribution in [0.5, 0.6) is 0 Å². The van der Waals surface area contributed by atoms with Crippen molar-refractivity contribution >= 4 is 5.97 Å². The molecule has 3 atom stereocenters. The maximum Gasteiger partial charge on any atom is 0.335 e. The number of ether oxygens (including phenoxy) is 2. The van der Waals surface area contributed by atoms with E-state index < -0.39 is 24.3 Å². The zero-order valence-corrected chi connectivity index (χ0v) is 6.77. The van der Waals surface area contributed by atoms with Crippen LogP contribution in [0.1, 0.15) is 6.42 Å². The van der Waals surface area contributed by atoms with Gasteiger partial charge in [-0.1, -0.05) is 0 Å². The van der Waals surface area contributed by atoms with Crippen LogP contribution >= 0.6 is 0 Å². The van der Waals surface area contributed by atoms with E-state index in [1.807, 2.05) is 0 Å². The molecule has 1 aliphatic rings. The van der Waals surface area contributed by atoms with E-state index in [4.69, 9.17) is 14.9 Å². The van der Waals surface area contributed by atoms with Gasteiger partial charge < -0.3 is 19.7 Å². The van der Waals surface area contributed by atoms with Crippen LogP contribution in [-0.2, 0) is 14.3 Å². The van der Waals surface area contributed by atoms with Gasteiger partial charge in [0, 0.05) is 6.42 Å². The van der Waals surface area contributed by atoms with E-state index in [2.05, 4.69) is 4.74 Å². The number of carbonyl (C=O) groups is 1. The summed E-state index contributed by atoms with van der Waals surface area (Å²) in [6, 6.07) is 0. The van der Waals surface area contributed by atoms with E-state index >= 15 is 0 Å². The van der Waals surface area contributed by atoms with Gasteiger partial charge >= 0.3 is 5.97 Å². The van der Waals surface area contributed by atoms with Gasteiger partial charge in [0.1, 0.15) is 6.10 Å². The molecule has 0 radical (unpaired) electrons. The van der Waals surface area contributed by atoms with Crippen LogP contribution in [0.25, 0.3) is 0 Å². The smallest absolute Gasteiger partial charge is 0.335 e. The van der Waals surface area contributed by atoms with Gasteiger partial charge in [0.25, 0.3) is 0 Å². The van der Waals surface area contributed by atoms with Crippen LogP contribution < -0.4 is 0 Å². The molecule has 2 N–H and O–H groups in total. The number of esters is 1. The second kappa shape index (κ2) is 3.84. The molecule has 5 heteroatoms. The molecular formula is C7H12O5. The van der Waals surface area contributed by atoms with Crippen LogP contribution in [0.4, 0.5) is 0 Å². The SMILES string of the molecule is COC(=O)[C@H]1C[C@H](O)[C@H](O)CO1. The fraction of sp³-hybridized carbons (Fsp3) is 0.857. The number of aliphatic hydroxyl groups is 2. The lowest BCUT2D eigenvalue weighted by molar-refractivity contribution is -0.171. The Balaban J connectivity index is 2.45. The van der Waals surface area contributed by atoms with Crippen molar-refractivity contribution in [2.75, 3.05) is 13.7 Å². The summed E-state index contributed by atoms with van der Waals surface area (Å²) in [6.07, 6.45) is -2.45. The first-order chi connectivity index (χ1) is 5.65. The second-order valence-electron chi connectivity index (χ2n) is 2.72. The van der Waals surface area contributed by atoms with Crippen molar-refractivity contribution in [3.8, 4) is 0 Å². The maximum absolute atomic E-state index is 10.9. The zero-order valence-electron chi connectivity index (χ0n) is 6.77. The predicted octanol–water partition coefficient (Wildman–Crippen LogP) is -1.33. The van der Waals surface area contributed by atoms with Crippen molar-refractivity contribution in [3.05, 3.63) is 0 Å². The lowest BCUT2D eigenvalue weighted by Crippen LogP contribution is -2.44. The summed E-state index contributed by atoms with van der Waals surface area (Å²) in [4.78, 5) is 10.9. The third-order valence-corrected chi connectivity index (χ3v) is 1.83. The highest BCUT2D eigenvalue weighted by Gasteiger charge is 2.32. The molecule has 0 spiro atoms. The Labute approximate surface area is 69.9 Å². The molecule has 1 saturated heterocycles. The number of hydrogen-bond acceptors (Lipinski definition) is 5. The zero-order chi connectivity index (χ0) is 9.14. The second-order valence-corrected chi connectivity index (χ2v) is 2.72. The summed E-state index contributed by atoms with van der Waals surface area (Å²) in [5, 5.41) is 18.2. The Bertz CT molecular complexity index is 169. The molecule has 1 heterocycles. The van der Waals surface area contributed by atoms with Gasteiger partial charge in [-0.15, -0.1) is 0 Å². The van der Waals surface area contributed by atoms with E-state index in [-0.39, 0.29) is 13.0 Å². The first-order valence-electron chi connectivity index (χ1n) is 3.70. The molecule has 0 aromatic rings. The van der Waals surface area contributed by atoms with Gasteiger partial charge in [0.15, 0.2) is 6.10 Å². The maximum atomic E-state index is 10.9. The van der Waals surface area contributed by atoms with Gasteiger partial charge in [0.2, 0.25) is 0 Å². The monoisotopic (exact) mass is 176 g/mol. The van der Waals surface area contributed by atoms with Crippen LogP contribution in [0, 0.1) is 0 Å². The summed E-state index contributed by atoms with van der Waals surface area (Å²) < 4.78 is 9.35. The molecule has 5 nitrogen and oxygen atoms in total. The Kier molecular flexibility index (Phi) is 3.02. The third kappa shape index (κ3) is 1.94. The molecule has 0 aromatic heterocycles. The number of hydrogen-bond donors (Lipinski definition) is 2. The molecule has 0 saturated carbocycles. The quantitative estimate of drug-likeness (QED) is 0.484. The summed E-state index contributed by atoms with van der Waals surface area (Å²) in [5.41, 5.74) is 0. The van der Waals surface area contributed by atoms with Crippen LogP contribution in [-0.4, -0.2) is 48.2 Å². The first-order valence-corrected chi connectivity index (χ1v) is 3.70. The normalized spacial score (nSPS) is 36.1. The van der Waals surface area contributed by atoms with Crippen molar-refractivity contribution in [1.82, 2.24) is 0 Å². The van der Waals surface area contributed by atoms with Crippen molar-refractivity contribution in [1.29, 1.82) is 0 Å². The minimum Gasteiger partial charge on any atom is -0.467 e. The summed E-state index contributed by atoms with van der Waals surface area (Å²) in [7, 11) is 1.25.